The fraction of sp³-hybridized carbons (Fsp3) is 0.667. The van der Waals surface area contributed by atoms with Crippen molar-refractivity contribution in [1.29, 1.82) is 0 Å². The Morgan fingerprint density at radius 1 is 1.17 bits per heavy atom. The quantitative estimate of drug-likeness (QED) is 0.837. The molecule has 0 aromatic carbocycles. The van der Waals surface area contributed by atoms with Crippen LogP contribution in [0.15, 0.2) is 18.2 Å². The van der Waals surface area contributed by atoms with Crippen molar-refractivity contribution in [2.75, 3.05) is 44.2 Å². The molecule has 2 fully saturated rings. The summed E-state index contributed by atoms with van der Waals surface area (Å²) in [5, 5.41) is 3.09. The molecule has 1 saturated carbocycles. The fourth-order valence-electron chi connectivity index (χ4n) is 3.62. The summed E-state index contributed by atoms with van der Waals surface area (Å²) >= 11 is 0. The molecule has 3 rings (SSSR count). The molecule has 132 valence electrons. The number of carbonyl (C=O) groups excluding carboxylic acids is 1. The van der Waals surface area contributed by atoms with Gasteiger partial charge in [-0.05, 0) is 25.0 Å². The molecule has 2 aliphatic rings. The average molecular weight is 334 g/mol. The van der Waals surface area contributed by atoms with Gasteiger partial charge in [0.05, 0.1) is 0 Å². The average Bonchev–Trinajstić information content (AvgIpc) is 2.63. The number of hydrogen-bond acceptors (Lipinski definition) is 4. The van der Waals surface area contributed by atoms with Crippen LogP contribution in [0, 0.1) is 11.9 Å². The summed E-state index contributed by atoms with van der Waals surface area (Å²) in [6.45, 7) is 5.10. The first-order valence-corrected chi connectivity index (χ1v) is 9.10. The van der Waals surface area contributed by atoms with Crippen molar-refractivity contribution < 1.29 is 9.18 Å². The van der Waals surface area contributed by atoms with E-state index in [1.165, 1.54) is 25.3 Å². The van der Waals surface area contributed by atoms with E-state index < -0.39 is 5.95 Å². The summed E-state index contributed by atoms with van der Waals surface area (Å²) < 4.78 is 13.2. The van der Waals surface area contributed by atoms with E-state index in [1.807, 2.05) is 6.07 Å². The molecular formula is C18H27FN4O. The van der Waals surface area contributed by atoms with Crippen LogP contribution in [0.25, 0.3) is 0 Å². The Bertz CT molecular complexity index is 540. The maximum Gasteiger partial charge on any atom is 0.223 e. The lowest BCUT2D eigenvalue weighted by Crippen LogP contribution is -2.49. The highest BCUT2D eigenvalue weighted by Gasteiger charge is 2.21. The summed E-state index contributed by atoms with van der Waals surface area (Å²) in [5.41, 5.74) is 0. The van der Waals surface area contributed by atoms with Crippen LogP contribution in [-0.4, -0.2) is 55.1 Å². The minimum Gasteiger partial charge on any atom is -0.355 e. The zero-order valence-electron chi connectivity index (χ0n) is 14.2. The molecule has 1 saturated heterocycles. The highest BCUT2D eigenvalue weighted by molar-refractivity contribution is 5.78. The number of halogens is 1. The normalized spacial score (nSPS) is 20.1. The van der Waals surface area contributed by atoms with Crippen molar-refractivity contribution in [2.45, 2.75) is 32.1 Å². The van der Waals surface area contributed by atoms with E-state index in [9.17, 15) is 9.18 Å². The van der Waals surface area contributed by atoms with Gasteiger partial charge in [-0.25, -0.2) is 4.98 Å². The Hall–Kier alpha value is -1.69. The van der Waals surface area contributed by atoms with Crippen molar-refractivity contribution in [3.8, 4) is 0 Å². The van der Waals surface area contributed by atoms with Gasteiger partial charge in [0, 0.05) is 45.2 Å². The highest BCUT2D eigenvalue weighted by atomic mass is 19.1. The first-order chi connectivity index (χ1) is 11.7. The van der Waals surface area contributed by atoms with E-state index in [0.717, 1.165) is 45.6 Å². The molecule has 2 heterocycles. The van der Waals surface area contributed by atoms with Crippen molar-refractivity contribution in [2.24, 2.45) is 5.92 Å². The van der Waals surface area contributed by atoms with E-state index in [2.05, 4.69) is 20.1 Å². The third-order valence-electron chi connectivity index (χ3n) is 5.10. The van der Waals surface area contributed by atoms with Gasteiger partial charge < -0.3 is 10.2 Å². The van der Waals surface area contributed by atoms with Gasteiger partial charge in [-0.1, -0.05) is 25.3 Å². The number of carbonyl (C=O) groups is 1. The maximum atomic E-state index is 13.2. The minimum absolute atomic E-state index is 0.231. The topological polar surface area (TPSA) is 48.5 Å². The number of hydrogen-bond donors (Lipinski definition) is 1. The Kier molecular flexibility index (Phi) is 6.01. The van der Waals surface area contributed by atoms with Gasteiger partial charge in [-0.2, -0.15) is 4.39 Å². The van der Waals surface area contributed by atoms with E-state index in [-0.39, 0.29) is 11.8 Å². The summed E-state index contributed by atoms with van der Waals surface area (Å²) in [5.74, 6) is 0.743. The number of anilines is 1. The maximum absolute atomic E-state index is 13.2. The van der Waals surface area contributed by atoms with Crippen LogP contribution >= 0.6 is 0 Å². The number of amides is 1. The highest BCUT2D eigenvalue weighted by Crippen LogP contribution is 2.23. The van der Waals surface area contributed by atoms with Crippen molar-refractivity contribution in [3.63, 3.8) is 0 Å². The van der Waals surface area contributed by atoms with E-state index in [4.69, 9.17) is 0 Å². The number of nitrogens with one attached hydrogen (secondary N) is 1. The second kappa shape index (κ2) is 8.42. The summed E-state index contributed by atoms with van der Waals surface area (Å²) in [6, 6.07) is 4.92. The van der Waals surface area contributed by atoms with Crippen molar-refractivity contribution >= 4 is 11.7 Å². The Balaban J connectivity index is 1.36. The van der Waals surface area contributed by atoms with Gasteiger partial charge in [-0.15, -0.1) is 0 Å². The van der Waals surface area contributed by atoms with Crippen LogP contribution in [0.3, 0.4) is 0 Å². The summed E-state index contributed by atoms with van der Waals surface area (Å²) in [6.07, 6.45) is 5.74. The number of pyridine rings is 1. The lowest BCUT2D eigenvalue weighted by molar-refractivity contribution is -0.125. The molecule has 1 aromatic rings. The molecule has 24 heavy (non-hydrogen) atoms. The molecule has 0 radical (unpaired) electrons. The zero-order valence-corrected chi connectivity index (χ0v) is 14.2. The zero-order chi connectivity index (χ0) is 16.8. The van der Waals surface area contributed by atoms with Gasteiger partial charge in [0.2, 0.25) is 11.9 Å². The molecule has 6 heteroatoms. The van der Waals surface area contributed by atoms with Crippen LogP contribution in [0.5, 0.6) is 0 Å². The number of aromatic nitrogens is 1. The van der Waals surface area contributed by atoms with E-state index in [0.29, 0.717) is 12.4 Å². The van der Waals surface area contributed by atoms with Gasteiger partial charge in [0.1, 0.15) is 5.82 Å². The molecule has 1 N–H and O–H groups in total. The van der Waals surface area contributed by atoms with Crippen LogP contribution in [0.2, 0.25) is 0 Å². The smallest absolute Gasteiger partial charge is 0.223 e. The monoisotopic (exact) mass is 334 g/mol. The second-order valence-electron chi connectivity index (χ2n) is 6.77. The Morgan fingerprint density at radius 2 is 1.92 bits per heavy atom. The number of nitrogens with zero attached hydrogens (tertiary/aromatic N) is 3. The van der Waals surface area contributed by atoms with Crippen LogP contribution in [0.4, 0.5) is 10.2 Å². The van der Waals surface area contributed by atoms with Crippen molar-refractivity contribution in [1.82, 2.24) is 15.2 Å². The molecule has 0 bridgehead atoms. The number of rotatable bonds is 5. The predicted molar refractivity (Wildman–Crippen MR) is 92.4 cm³/mol. The summed E-state index contributed by atoms with van der Waals surface area (Å²) in [7, 11) is 0. The lowest BCUT2D eigenvalue weighted by atomic mass is 9.89. The first-order valence-electron chi connectivity index (χ1n) is 9.10. The molecular weight excluding hydrogens is 307 g/mol. The van der Waals surface area contributed by atoms with E-state index >= 15 is 0 Å². The molecule has 1 amide bonds. The molecule has 0 unspecified atom stereocenters. The molecule has 0 atom stereocenters. The van der Waals surface area contributed by atoms with Crippen LogP contribution < -0.4 is 10.2 Å². The van der Waals surface area contributed by atoms with Gasteiger partial charge in [0.15, 0.2) is 0 Å². The molecule has 5 nitrogen and oxygen atoms in total. The molecule has 1 aliphatic heterocycles. The molecule has 1 aromatic heterocycles. The lowest BCUT2D eigenvalue weighted by Gasteiger charge is -2.35. The largest absolute Gasteiger partial charge is 0.355 e. The first kappa shape index (κ1) is 17.1. The molecule has 0 spiro atoms. The van der Waals surface area contributed by atoms with Crippen LogP contribution in [0.1, 0.15) is 32.1 Å². The summed E-state index contributed by atoms with van der Waals surface area (Å²) in [4.78, 5) is 20.5. The van der Waals surface area contributed by atoms with Gasteiger partial charge in [0.25, 0.3) is 0 Å². The Morgan fingerprint density at radius 3 is 2.62 bits per heavy atom. The van der Waals surface area contributed by atoms with Gasteiger partial charge >= 0.3 is 0 Å². The third-order valence-corrected chi connectivity index (χ3v) is 5.10. The fourth-order valence-corrected chi connectivity index (χ4v) is 3.62. The SMILES string of the molecule is O=C(NCCN1CCN(c2cccc(F)n2)CC1)C1CCCCC1. The number of piperazine rings is 1. The van der Waals surface area contributed by atoms with Crippen LogP contribution in [-0.2, 0) is 4.79 Å². The second-order valence-corrected chi connectivity index (χ2v) is 6.77. The molecule has 1 aliphatic carbocycles. The van der Waals surface area contributed by atoms with Gasteiger partial charge in [-0.3, -0.25) is 9.69 Å². The predicted octanol–water partition coefficient (Wildman–Crippen LogP) is 2.04. The third kappa shape index (κ3) is 4.66. The van der Waals surface area contributed by atoms with Crippen molar-refractivity contribution in [3.05, 3.63) is 24.1 Å². The van der Waals surface area contributed by atoms with E-state index in [1.54, 1.807) is 6.07 Å². The standard InChI is InChI=1S/C18H27FN4O/c19-16-7-4-8-17(21-16)23-13-11-22(12-14-23)10-9-20-18(24)15-5-2-1-3-6-15/h4,7-8,15H,1-3,5-6,9-14H2,(H,20,24). The minimum atomic E-state index is -0.430. The Labute approximate surface area is 143 Å².